The highest BCUT2D eigenvalue weighted by Gasteiger charge is 2.39. The quantitative estimate of drug-likeness (QED) is 0.656. The van der Waals surface area contributed by atoms with Crippen LogP contribution in [0.4, 0.5) is 5.69 Å². The van der Waals surface area contributed by atoms with Gasteiger partial charge in [0.1, 0.15) is 0 Å². The molecule has 1 aliphatic rings. The van der Waals surface area contributed by atoms with E-state index in [1.165, 1.54) is 0 Å². The highest BCUT2D eigenvalue weighted by atomic mass is 16.4. The first kappa shape index (κ1) is 12.1. The molecule has 0 aliphatic heterocycles. The number of aryl methyl sites for hydroxylation is 1. The van der Waals surface area contributed by atoms with Crippen molar-refractivity contribution >= 4 is 24.2 Å². The van der Waals surface area contributed by atoms with E-state index < -0.39 is 7.12 Å². The topological polar surface area (TPSA) is 69.6 Å². The Balaban J connectivity index is 2.09. The number of nitrogens with one attached hydrogen (secondary N) is 1. The molecule has 2 rings (SSSR count). The van der Waals surface area contributed by atoms with Gasteiger partial charge in [0.05, 0.1) is 0 Å². The highest BCUT2D eigenvalue weighted by molar-refractivity contribution is 6.58. The average Bonchev–Trinajstić information content (AvgIpc) is 2.98. The first-order valence-corrected chi connectivity index (χ1v) is 5.76. The maximum absolute atomic E-state index is 11.7. The Kier molecular flexibility index (Phi) is 3.22. The van der Waals surface area contributed by atoms with Crippen LogP contribution in [0.3, 0.4) is 0 Å². The smallest absolute Gasteiger partial charge is 0.423 e. The summed E-state index contributed by atoms with van der Waals surface area (Å²) in [6.45, 7) is 3.89. The molecular weight excluding hydrogens is 217 g/mol. The second kappa shape index (κ2) is 4.51. The molecule has 0 aromatic heterocycles. The van der Waals surface area contributed by atoms with Crippen LogP contribution in [-0.2, 0) is 4.79 Å². The van der Waals surface area contributed by atoms with Crippen LogP contribution in [0.5, 0.6) is 0 Å². The average molecular weight is 233 g/mol. The van der Waals surface area contributed by atoms with E-state index in [-0.39, 0.29) is 11.8 Å². The zero-order valence-electron chi connectivity index (χ0n) is 9.97. The van der Waals surface area contributed by atoms with Crippen molar-refractivity contribution < 1.29 is 14.8 Å². The molecule has 1 amide bonds. The molecule has 1 aliphatic carbocycles. The summed E-state index contributed by atoms with van der Waals surface area (Å²) < 4.78 is 0. The van der Waals surface area contributed by atoms with E-state index in [1.807, 2.05) is 6.92 Å². The third-order valence-electron chi connectivity index (χ3n) is 3.25. The van der Waals surface area contributed by atoms with Crippen molar-refractivity contribution in [3.05, 3.63) is 23.8 Å². The predicted octanol–water partition coefficient (Wildman–Crippen LogP) is 0.269. The number of hydrogen-bond donors (Lipinski definition) is 3. The molecule has 1 fully saturated rings. The van der Waals surface area contributed by atoms with Gasteiger partial charge in [0.2, 0.25) is 5.91 Å². The zero-order valence-corrected chi connectivity index (χ0v) is 9.97. The number of carbonyl (C=O) groups excluding carboxylic acids is 1. The summed E-state index contributed by atoms with van der Waals surface area (Å²) in [6.07, 6.45) is 0.957. The maximum atomic E-state index is 11.7. The first-order chi connectivity index (χ1) is 7.99. The number of rotatable bonds is 3. The van der Waals surface area contributed by atoms with Crippen LogP contribution in [-0.4, -0.2) is 23.1 Å². The summed E-state index contributed by atoms with van der Waals surface area (Å²) in [7, 11) is -1.47. The van der Waals surface area contributed by atoms with Crippen LogP contribution in [0.15, 0.2) is 18.2 Å². The van der Waals surface area contributed by atoms with Gasteiger partial charge in [0.25, 0.3) is 0 Å². The fourth-order valence-electron chi connectivity index (χ4n) is 1.90. The summed E-state index contributed by atoms with van der Waals surface area (Å²) in [5, 5.41) is 20.9. The number of amides is 1. The van der Waals surface area contributed by atoms with Crippen LogP contribution in [0.2, 0.25) is 0 Å². The molecule has 4 nitrogen and oxygen atoms in total. The molecule has 2 atom stereocenters. The second-order valence-electron chi connectivity index (χ2n) is 4.76. The largest absolute Gasteiger partial charge is 0.488 e. The van der Waals surface area contributed by atoms with Gasteiger partial charge < -0.3 is 15.4 Å². The zero-order chi connectivity index (χ0) is 12.6. The molecule has 1 saturated carbocycles. The van der Waals surface area contributed by atoms with Crippen LogP contribution in [0.1, 0.15) is 18.9 Å². The lowest BCUT2D eigenvalue weighted by Crippen LogP contribution is -2.30. The molecule has 17 heavy (non-hydrogen) atoms. The van der Waals surface area contributed by atoms with E-state index in [0.717, 1.165) is 17.7 Å². The van der Waals surface area contributed by atoms with Crippen molar-refractivity contribution in [2.75, 3.05) is 5.32 Å². The van der Waals surface area contributed by atoms with Crippen LogP contribution >= 0.6 is 0 Å². The van der Waals surface area contributed by atoms with Crippen molar-refractivity contribution in [1.82, 2.24) is 0 Å². The second-order valence-corrected chi connectivity index (χ2v) is 4.76. The minimum Gasteiger partial charge on any atom is -0.423 e. The lowest BCUT2D eigenvalue weighted by molar-refractivity contribution is -0.117. The van der Waals surface area contributed by atoms with E-state index in [2.05, 4.69) is 12.2 Å². The Hall–Kier alpha value is -1.33. The van der Waals surface area contributed by atoms with Gasteiger partial charge in [-0.2, -0.15) is 0 Å². The number of carbonyl (C=O) groups is 1. The van der Waals surface area contributed by atoms with Crippen molar-refractivity contribution in [3.8, 4) is 0 Å². The van der Waals surface area contributed by atoms with Crippen molar-refractivity contribution in [2.24, 2.45) is 11.8 Å². The van der Waals surface area contributed by atoms with Crippen LogP contribution < -0.4 is 10.8 Å². The van der Waals surface area contributed by atoms with Crippen LogP contribution in [0.25, 0.3) is 0 Å². The Morgan fingerprint density at radius 3 is 2.59 bits per heavy atom. The molecule has 0 radical (unpaired) electrons. The maximum Gasteiger partial charge on any atom is 0.488 e. The summed E-state index contributed by atoms with van der Waals surface area (Å²) in [5.41, 5.74) is 2.00. The van der Waals surface area contributed by atoms with Gasteiger partial charge in [-0.25, -0.2) is 0 Å². The fourth-order valence-corrected chi connectivity index (χ4v) is 1.90. The van der Waals surface area contributed by atoms with Gasteiger partial charge in [-0.3, -0.25) is 4.79 Å². The summed E-state index contributed by atoms with van der Waals surface area (Å²) >= 11 is 0. The van der Waals surface area contributed by atoms with Crippen molar-refractivity contribution in [1.29, 1.82) is 0 Å². The molecule has 5 heteroatoms. The minimum atomic E-state index is -1.47. The van der Waals surface area contributed by atoms with Gasteiger partial charge in [-0.15, -0.1) is 0 Å². The molecule has 1 aromatic rings. The van der Waals surface area contributed by atoms with Gasteiger partial charge in [-0.1, -0.05) is 19.1 Å². The highest BCUT2D eigenvalue weighted by Crippen LogP contribution is 2.38. The molecule has 0 spiro atoms. The molecule has 90 valence electrons. The monoisotopic (exact) mass is 233 g/mol. The Morgan fingerprint density at radius 2 is 2.12 bits per heavy atom. The number of anilines is 1. The molecule has 0 saturated heterocycles. The Bertz CT molecular complexity index is 447. The van der Waals surface area contributed by atoms with Gasteiger partial charge >= 0.3 is 7.12 Å². The minimum absolute atomic E-state index is 0.0536. The van der Waals surface area contributed by atoms with Gasteiger partial charge in [-0.05, 0) is 36.4 Å². The van der Waals surface area contributed by atoms with Crippen molar-refractivity contribution in [3.63, 3.8) is 0 Å². The SMILES string of the molecule is Cc1cc(B(O)O)ccc1NC(=O)C1CC1C. The van der Waals surface area contributed by atoms with Crippen molar-refractivity contribution in [2.45, 2.75) is 20.3 Å². The van der Waals surface area contributed by atoms with E-state index in [4.69, 9.17) is 10.0 Å². The standard InChI is InChI=1S/C12H16BNO3/c1-7-6-10(7)12(15)14-11-4-3-9(13(16)17)5-8(11)2/h3-5,7,10,16-17H,6H2,1-2H3,(H,14,15). The van der Waals surface area contributed by atoms with Gasteiger partial charge in [0, 0.05) is 11.6 Å². The molecule has 3 N–H and O–H groups in total. The van der Waals surface area contributed by atoms with E-state index >= 15 is 0 Å². The number of benzene rings is 1. The summed E-state index contributed by atoms with van der Waals surface area (Å²) in [4.78, 5) is 11.7. The number of hydrogen-bond acceptors (Lipinski definition) is 3. The lowest BCUT2D eigenvalue weighted by Gasteiger charge is -2.09. The predicted molar refractivity (Wildman–Crippen MR) is 66.9 cm³/mol. The van der Waals surface area contributed by atoms with E-state index in [1.54, 1.807) is 18.2 Å². The molecule has 0 bridgehead atoms. The third-order valence-corrected chi connectivity index (χ3v) is 3.25. The van der Waals surface area contributed by atoms with E-state index in [0.29, 0.717) is 11.4 Å². The molecular formula is C12H16BNO3. The Morgan fingerprint density at radius 1 is 1.47 bits per heavy atom. The van der Waals surface area contributed by atoms with E-state index in [9.17, 15) is 4.79 Å². The Labute approximate surface area is 101 Å². The summed E-state index contributed by atoms with van der Waals surface area (Å²) in [6, 6.07) is 4.97. The lowest BCUT2D eigenvalue weighted by atomic mass is 9.79. The molecule has 2 unspecified atom stereocenters. The van der Waals surface area contributed by atoms with Gasteiger partial charge in [0.15, 0.2) is 0 Å². The normalized spacial score (nSPS) is 22.1. The third kappa shape index (κ3) is 2.68. The first-order valence-electron chi connectivity index (χ1n) is 5.76. The fraction of sp³-hybridized carbons (Fsp3) is 0.417. The van der Waals surface area contributed by atoms with Crippen LogP contribution in [0, 0.1) is 18.8 Å². The summed E-state index contributed by atoms with van der Waals surface area (Å²) in [5.74, 6) is 0.671. The molecule has 0 heterocycles. The molecule has 1 aromatic carbocycles.